The molecule has 0 unspecified atom stereocenters. The first kappa shape index (κ1) is 20.9. The molecular formula is C21H22ClFN2O4. The van der Waals surface area contributed by atoms with Crippen molar-refractivity contribution in [1.29, 1.82) is 0 Å². The Morgan fingerprint density at radius 1 is 1.10 bits per heavy atom. The summed E-state index contributed by atoms with van der Waals surface area (Å²) in [6.45, 7) is 0.866. The molecule has 2 amide bonds. The second-order valence-electron chi connectivity index (χ2n) is 6.72. The summed E-state index contributed by atoms with van der Waals surface area (Å²) in [5.41, 5.74) is 0.819. The number of piperidine rings is 1. The Balaban J connectivity index is 1.64. The van der Waals surface area contributed by atoms with Crippen LogP contribution in [0.15, 0.2) is 36.4 Å². The Bertz CT molecular complexity index is 891. The fourth-order valence-electron chi connectivity index (χ4n) is 3.38. The summed E-state index contributed by atoms with van der Waals surface area (Å²) in [5.74, 6) is -0.256. The Kier molecular flexibility index (Phi) is 6.59. The molecule has 1 saturated heterocycles. The number of anilines is 1. The lowest BCUT2D eigenvalue weighted by Crippen LogP contribution is -2.41. The summed E-state index contributed by atoms with van der Waals surface area (Å²) in [6, 6.07) is 9.23. The van der Waals surface area contributed by atoms with Crippen molar-refractivity contribution < 1.29 is 23.5 Å². The number of hydrogen-bond acceptors (Lipinski definition) is 4. The lowest BCUT2D eigenvalue weighted by atomic mass is 9.95. The quantitative estimate of drug-likeness (QED) is 0.794. The number of likely N-dealkylation sites (tertiary alicyclic amines) is 1. The highest BCUT2D eigenvalue weighted by Gasteiger charge is 2.30. The first-order valence-corrected chi connectivity index (χ1v) is 9.58. The largest absolute Gasteiger partial charge is 0.496 e. The number of carbonyl (C=O) groups excluding carboxylic acids is 2. The molecule has 0 saturated carbocycles. The molecule has 3 rings (SSSR count). The number of benzene rings is 2. The van der Waals surface area contributed by atoms with Gasteiger partial charge in [0, 0.05) is 24.7 Å². The molecule has 154 valence electrons. The maximum absolute atomic E-state index is 13.3. The molecule has 1 fully saturated rings. The average Bonchev–Trinajstić information content (AvgIpc) is 2.75. The molecule has 0 radical (unpaired) electrons. The van der Waals surface area contributed by atoms with Gasteiger partial charge in [-0.3, -0.25) is 9.59 Å². The third-order valence-electron chi connectivity index (χ3n) is 4.98. The number of amides is 2. The van der Waals surface area contributed by atoms with E-state index in [1.54, 1.807) is 23.1 Å². The van der Waals surface area contributed by atoms with Gasteiger partial charge in [0.2, 0.25) is 5.91 Å². The minimum atomic E-state index is -0.539. The SMILES string of the molecule is COc1cccc(OC)c1C(=O)N1CCC(C(=O)Nc2ccc(F)c(Cl)c2)CC1. The molecule has 1 N–H and O–H groups in total. The van der Waals surface area contributed by atoms with Crippen LogP contribution in [-0.2, 0) is 4.79 Å². The minimum absolute atomic E-state index is 0.0472. The number of halogens is 2. The van der Waals surface area contributed by atoms with Gasteiger partial charge in [-0.1, -0.05) is 17.7 Å². The van der Waals surface area contributed by atoms with Gasteiger partial charge in [0.1, 0.15) is 22.9 Å². The van der Waals surface area contributed by atoms with Crippen LogP contribution >= 0.6 is 11.6 Å². The van der Waals surface area contributed by atoms with Gasteiger partial charge >= 0.3 is 0 Å². The first-order chi connectivity index (χ1) is 13.9. The molecule has 6 nitrogen and oxygen atoms in total. The van der Waals surface area contributed by atoms with Gasteiger partial charge in [0.05, 0.1) is 19.2 Å². The van der Waals surface area contributed by atoms with E-state index in [4.69, 9.17) is 21.1 Å². The monoisotopic (exact) mass is 420 g/mol. The van der Waals surface area contributed by atoms with Gasteiger partial charge in [-0.25, -0.2) is 4.39 Å². The van der Waals surface area contributed by atoms with E-state index in [-0.39, 0.29) is 22.8 Å². The highest BCUT2D eigenvalue weighted by molar-refractivity contribution is 6.31. The summed E-state index contributed by atoms with van der Waals surface area (Å²) in [5, 5.41) is 2.71. The van der Waals surface area contributed by atoms with Gasteiger partial charge in [-0.2, -0.15) is 0 Å². The van der Waals surface area contributed by atoms with E-state index in [2.05, 4.69) is 5.32 Å². The summed E-state index contributed by atoms with van der Waals surface area (Å²) in [4.78, 5) is 27.2. The van der Waals surface area contributed by atoms with Gasteiger partial charge in [0.25, 0.3) is 5.91 Å². The average molecular weight is 421 g/mol. The Hall–Kier alpha value is -2.80. The van der Waals surface area contributed by atoms with E-state index in [1.165, 1.54) is 32.4 Å². The number of methoxy groups -OCH3 is 2. The van der Waals surface area contributed by atoms with Gasteiger partial charge < -0.3 is 19.7 Å². The molecule has 1 heterocycles. The number of carbonyl (C=O) groups is 2. The van der Waals surface area contributed by atoms with Gasteiger partial charge in [-0.05, 0) is 43.2 Å². The number of nitrogens with zero attached hydrogens (tertiary/aromatic N) is 1. The highest BCUT2D eigenvalue weighted by Crippen LogP contribution is 2.31. The van der Waals surface area contributed by atoms with E-state index < -0.39 is 5.82 Å². The van der Waals surface area contributed by atoms with Crippen molar-refractivity contribution in [3.05, 3.63) is 52.8 Å². The van der Waals surface area contributed by atoms with Crippen molar-refractivity contribution in [3.8, 4) is 11.5 Å². The van der Waals surface area contributed by atoms with Crippen molar-refractivity contribution in [1.82, 2.24) is 4.90 Å². The van der Waals surface area contributed by atoms with Crippen LogP contribution in [0.25, 0.3) is 0 Å². The summed E-state index contributed by atoms with van der Waals surface area (Å²) in [6.07, 6.45) is 1.04. The van der Waals surface area contributed by atoms with Crippen molar-refractivity contribution >= 4 is 29.1 Å². The molecule has 0 aromatic heterocycles. The van der Waals surface area contributed by atoms with Crippen LogP contribution in [0.5, 0.6) is 11.5 Å². The fourth-order valence-corrected chi connectivity index (χ4v) is 3.56. The van der Waals surface area contributed by atoms with Crippen LogP contribution in [0.3, 0.4) is 0 Å². The molecule has 0 atom stereocenters. The van der Waals surface area contributed by atoms with E-state index in [1.807, 2.05) is 0 Å². The zero-order chi connectivity index (χ0) is 21.0. The van der Waals surface area contributed by atoms with Crippen LogP contribution in [0, 0.1) is 11.7 Å². The van der Waals surface area contributed by atoms with Gasteiger partial charge in [-0.15, -0.1) is 0 Å². The highest BCUT2D eigenvalue weighted by atomic mass is 35.5. The maximum Gasteiger partial charge on any atom is 0.261 e. The van der Waals surface area contributed by atoms with E-state index >= 15 is 0 Å². The summed E-state index contributed by atoms with van der Waals surface area (Å²) in [7, 11) is 3.01. The smallest absolute Gasteiger partial charge is 0.261 e. The first-order valence-electron chi connectivity index (χ1n) is 9.20. The van der Waals surface area contributed by atoms with Crippen molar-refractivity contribution in [2.45, 2.75) is 12.8 Å². The second-order valence-corrected chi connectivity index (χ2v) is 7.13. The second kappa shape index (κ2) is 9.13. The predicted octanol–water partition coefficient (Wildman–Crippen LogP) is 3.99. The summed E-state index contributed by atoms with van der Waals surface area (Å²) >= 11 is 5.75. The number of ether oxygens (including phenoxy) is 2. The molecule has 0 bridgehead atoms. The lowest BCUT2D eigenvalue weighted by molar-refractivity contribution is -0.121. The summed E-state index contributed by atoms with van der Waals surface area (Å²) < 4.78 is 23.9. The molecule has 1 aliphatic heterocycles. The standard InChI is InChI=1S/C21H22ClFN2O4/c1-28-17-4-3-5-18(29-2)19(17)21(27)25-10-8-13(9-11-25)20(26)24-14-6-7-16(23)15(22)12-14/h3-7,12-13H,8-11H2,1-2H3,(H,24,26). The van der Waals surface area contributed by atoms with Crippen LogP contribution in [0.4, 0.5) is 10.1 Å². The van der Waals surface area contributed by atoms with Crippen molar-refractivity contribution in [3.63, 3.8) is 0 Å². The molecule has 0 spiro atoms. The van der Waals surface area contributed by atoms with E-state index in [0.29, 0.717) is 48.7 Å². The Labute approximate surface area is 173 Å². The molecule has 0 aliphatic carbocycles. The fraction of sp³-hybridized carbons (Fsp3) is 0.333. The van der Waals surface area contributed by atoms with Crippen LogP contribution in [0.2, 0.25) is 5.02 Å². The third-order valence-corrected chi connectivity index (χ3v) is 5.27. The molecule has 2 aromatic carbocycles. The maximum atomic E-state index is 13.3. The molecular weight excluding hydrogens is 399 g/mol. The number of nitrogens with one attached hydrogen (secondary N) is 1. The number of hydrogen-bond donors (Lipinski definition) is 1. The third kappa shape index (κ3) is 4.62. The number of rotatable bonds is 5. The Morgan fingerprint density at radius 2 is 1.72 bits per heavy atom. The minimum Gasteiger partial charge on any atom is -0.496 e. The van der Waals surface area contributed by atoms with E-state index in [9.17, 15) is 14.0 Å². The van der Waals surface area contributed by atoms with Crippen molar-refractivity contribution in [2.75, 3.05) is 32.6 Å². The van der Waals surface area contributed by atoms with Crippen LogP contribution in [-0.4, -0.2) is 44.0 Å². The van der Waals surface area contributed by atoms with E-state index in [0.717, 1.165) is 0 Å². The zero-order valence-electron chi connectivity index (χ0n) is 16.2. The normalized spacial score (nSPS) is 14.4. The van der Waals surface area contributed by atoms with Crippen molar-refractivity contribution in [2.24, 2.45) is 5.92 Å². The van der Waals surface area contributed by atoms with Crippen LogP contribution in [0.1, 0.15) is 23.2 Å². The zero-order valence-corrected chi connectivity index (χ0v) is 17.0. The lowest BCUT2D eigenvalue weighted by Gasteiger charge is -2.32. The van der Waals surface area contributed by atoms with Crippen LogP contribution < -0.4 is 14.8 Å². The van der Waals surface area contributed by atoms with Gasteiger partial charge in [0.15, 0.2) is 0 Å². The molecule has 2 aromatic rings. The predicted molar refractivity (Wildman–Crippen MR) is 108 cm³/mol. The molecule has 8 heteroatoms. The molecule has 1 aliphatic rings. The Morgan fingerprint density at radius 3 is 2.28 bits per heavy atom. The topological polar surface area (TPSA) is 67.9 Å². The molecule has 29 heavy (non-hydrogen) atoms.